The van der Waals surface area contributed by atoms with Gasteiger partial charge in [-0.1, -0.05) is 74.5 Å². The molecule has 0 N–H and O–H groups in total. The summed E-state index contributed by atoms with van der Waals surface area (Å²) in [5.74, 6) is 0. The van der Waals surface area contributed by atoms with E-state index < -0.39 is 0 Å². The van der Waals surface area contributed by atoms with E-state index in [4.69, 9.17) is 0 Å². The van der Waals surface area contributed by atoms with Crippen LogP contribution in [0.2, 0.25) is 0 Å². The first kappa shape index (κ1) is 17.2. The highest BCUT2D eigenvalue weighted by Crippen LogP contribution is 2.51. The topological polar surface area (TPSA) is 30.7 Å². The third-order valence-electron chi connectivity index (χ3n) is 6.40. The second kappa shape index (κ2) is 6.14. The van der Waals surface area contributed by atoms with E-state index in [2.05, 4.69) is 95.5 Å². The van der Waals surface area contributed by atoms with E-state index in [1.807, 2.05) is 24.4 Å². The first-order valence-electron chi connectivity index (χ1n) is 10.3. The quantitative estimate of drug-likeness (QED) is 0.351. The van der Waals surface area contributed by atoms with Gasteiger partial charge in [-0.3, -0.25) is 0 Å². The summed E-state index contributed by atoms with van der Waals surface area (Å²) in [4.78, 5) is 0. The third kappa shape index (κ3) is 2.32. The number of fused-ring (bicyclic) bond motifs is 5. The van der Waals surface area contributed by atoms with Crippen LogP contribution in [0.3, 0.4) is 0 Å². The van der Waals surface area contributed by atoms with E-state index in [0.29, 0.717) is 0 Å². The predicted molar refractivity (Wildman–Crippen MR) is 122 cm³/mol. The van der Waals surface area contributed by atoms with Crippen LogP contribution in [-0.2, 0) is 5.41 Å². The molecule has 0 unspecified atom stereocenters. The van der Waals surface area contributed by atoms with Gasteiger partial charge in [0.15, 0.2) is 0 Å². The van der Waals surface area contributed by atoms with Crippen LogP contribution in [0.5, 0.6) is 0 Å². The lowest BCUT2D eigenvalue weighted by Crippen LogP contribution is -2.14. The van der Waals surface area contributed by atoms with Crippen molar-refractivity contribution in [2.45, 2.75) is 19.3 Å². The molecule has 3 nitrogen and oxygen atoms in total. The summed E-state index contributed by atoms with van der Waals surface area (Å²) in [5, 5.41) is 9.91. The molecular weight excluding hydrogens is 366 g/mol. The van der Waals surface area contributed by atoms with Crippen LogP contribution in [0.1, 0.15) is 25.0 Å². The molecule has 3 aromatic carbocycles. The van der Waals surface area contributed by atoms with Gasteiger partial charge in [0, 0.05) is 22.6 Å². The van der Waals surface area contributed by atoms with E-state index in [-0.39, 0.29) is 5.41 Å². The monoisotopic (exact) mass is 387 g/mol. The highest BCUT2D eigenvalue weighted by molar-refractivity contribution is 6.02. The molecule has 144 valence electrons. The molecule has 0 aliphatic heterocycles. The highest BCUT2D eigenvalue weighted by atomic mass is 15.1. The molecule has 5 aromatic rings. The van der Waals surface area contributed by atoms with Gasteiger partial charge >= 0.3 is 0 Å². The Labute approximate surface area is 175 Å². The molecule has 0 radical (unpaired) electrons. The molecule has 2 heterocycles. The molecule has 0 spiro atoms. The zero-order valence-electron chi connectivity index (χ0n) is 17.0. The number of aromatic nitrogens is 3. The number of hydrogen-bond acceptors (Lipinski definition) is 2. The van der Waals surface area contributed by atoms with Crippen molar-refractivity contribution in [1.82, 2.24) is 14.8 Å². The number of hydrogen-bond donors (Lipinski definition) is 0. The van der Waals surface area contributed by atoms with Crippen LogP contribution in [0.4, 0.5) is 0 Å². The Morgan fingerprint density at radius 1 is 0.800 bits per heavy atom. The maximum absolute atomic E-state index is 4.34. The molecule has 0 atom stereocenters. The molecular formula is C27H21N3. The minimum Gasteiger partial charge on any atom is -0.315 e. The van der Waals surface area contributed by atoms with Crippen LogP contribution in [0.25, 0.3) is 39.0 Å². The minimum absolute atomic E-state index is 0.0148. The van der Waals surface area contributed by atoms with Crippen LogP contribution in [-0.4, -0.2) is 14.8 Å². The second-order valence-corrected chi connectivity index (χ2v) is 8.44. The zero-order chi connectivity index (χ0) is 20.3. The number of nitrogens with zero attached hydrogens (tertiary/aromatic N) is 3. The Balaban J connectivity index is 1.56. The minimum atomic E-state index is 0.0148. The third-order valence-corrected chi connectivity index (χ3v) is 6.40. The summed E-state index contributed by atoms with van der Waals surface area (Å²) in [6, 6.07) is 27.8. The summed E-state index contributed by atoms with van der Waals surface area (Å²) in [6.07, 6.45) is 3.97. The number of benzene rings is 3. The smallest absolute Gasteiger partial charge is 0.0950 e. The molecule has 0 bridgehead atoms. The first-order valence-corrected chi connectivity index (χ1v) is 10.3. The molecule has 0 saturated carbocycles. The van der Waals surface area contributed by atoms with Gasteiger partial charge in [0.2, 0.25) is 0 Å². The van der Waals surface area contributed by atoms with Gasteiger partial charge in [-0.15, -0.1) is 0 Å². The molecule has 1 aliphatic carbocycles. The summed E-state index contributed by atoms with van der Waals surface area (Å²) < 4.78 is 2.21. The van der Waals surface area contributed by atoms with Gasteiger partial charge in [0.1, 0.15) is 0 Å². The Bertz CT molecular complexity index is 1410. The van der Waals surface area contributed by atoms with E-state index in [1.165, 1.54) is 33.2 Å². The largest absolute Gasteiger partial charge is 0.315 e. The SMILES string of the molecule is CC1(C)c2ccccc2-c2c1ccc1c2ccn1-c1cnnc(-c2ccccc2)c1. The van der Waals surface area contributed by atoms with E-state index in [0.717, 1.165) is 16.9 Å². The van der Waals surface area contributed by atoms with Gasteiger partial charge in [0.25, 0.3) is 0 Å². The summed E-state index contributed by atoms with van der Waals surface area (Å²) >= 11 is 0. The maximum atomic E-state index is 4.34. The molecule has 2 aromatic heterocycles. The lowest BCUT2D eigenvalue weighted by Gasteiger charge is -2.21. The van der Waals surface area contributed by atoms with Crippen molar-refractivity contribution >= 4 is 10.9 Å². The first-order chi connectivity index (χ1) is 14.6. The normalized spacial score (nSPS) is 13.9. The van der Waals surface area contributed by atoms with Crippen molar-refractivity contribution in [1.29, 1.82) is 0 Å². The van der Waals surface area contributed by atoms with Gasteiger partial charge < -0.3 is 4.57 Å². The van der Waals surface area contributed by atoms with Crippen molar-refractivity contribution in [3.05, 3.63) is 102 Å². The molecule has 30 heavy (non-hydrogen) atoms. The molecule has 0 saturated heterocycles. The number of rotatable bonds is 2. The van der Waals surface area contributed by atoms with E-state index >= 15 is 0 Å². The average molecular weight is 387 g/mol. The molecule has 1 aliphatic rings. The maximum Gasteiger partial charge on any atom is 0.0950 e. The predicted octanol–water partition coefficient (Wildman–Crippen LogP) is 6.39. The standard InChI is InChI=1S/C27H21N3/c1-27(2)22-11-7-6-10-20(22)26-21-14-15-30(25(21)13-12-23(26)27)19-16-24(29-28-17-19)18-8-4-3-5-9-18/h3-17H,1-2H3. The zero-order valence-corrected chi connectivity index (χ0v) is 17.0. The summed E-state index contributed by atoms with van der Waals surface area (Å²) in [5.41, 5.74) is 9.67. The fourth-order valence-corrected chi connectivity index (χ4v) is 4.88. The van der Waals surface area contributed by atoms with E-state index in [9.17, 15) is 0 Å². The fourth-order valence-electron chi connectivity index (χ4n) is 4.88. The van der Waals surface area contributed by atoms with Gasteiger partial charge in [-0.2, -0.15) is 10.2 Å². The molecule has 0 amide bonds. The lowest BCUT2D eigenvalue weighted by molar-refractivity contribution is 0.661. The Morgan fingerprint density at radius 2 is 1.60 bits per heavy atom. The van der Waals surface area contributed by atoms with Crippen LogP contribution >= 0.6 is 0 Å². The van der Waals surface area contributed by atoms with Gasteiger partial charge in [-0.05, 0) is 40.5 Å². The van der Waals surface area contributed by atoms with Crippen molar-refractivity contribution < 1.29 is 0 Å². The molecule has 3 heteroatoms. The van der Waals surface area contributed by atoms with E-state index in [1.54, 1.807) is 0 Å². The summed E-state index contributed by atoms with van der Waals surface area (Å²) in [6.45, 7) is 4.64. The Kier molecular flexibility index (Phi) is 3.51. The van der Waals surface area contributed by atoms with Crippen LogP contribution < -0.4 is 0 Å². The van der Waals surface area contributed by atoms with Gasteiger partial charge in [0.05, 0.1) is 23.1 Å². The highest BCUT2D eigenvalue weighted by Gasteiger charge is 2.36. The average Bonchev–Trinajstić information content (AvgIpc) is 3.32. The van der Waals surface area contributed by atoms with Crippen LogP contribution in [0, 0.1) is 0 Å². The second-order valence-electron chi connectivity index (χ2n) is 8.44. The van der Waals surface area contributed by atoms with Crippen molar-refractivity contribution in [2.24, 2.45) is 0 Å². The van der Waals surface area contributed by atoms with Crippen molar-refractivity contribution in [3.8, 4) is 28.1 Å². The summed E-state index contributed by atoms with van der Waals surface area (Å²) in [7, 11) is 0. The molecule has 0 fully saturated rings. The van der Waals surface area contributed by atoms with Gasteiger partial charge in [-0.25, -0.2) is 0 Å². The fraction of sp³-hybridized carbons (Fsp3) is 0.111. The Morgan fingerprint density at radius 3 is 2.47 bits per heavy atom. The van der Waals surface area contributed by atoms with Crippen molar-refractivity contribution in [2.75, 3.05) is 0 Å². The van der Waals surface area contributed by atoms with Crippen LogP contribution in [0.15, 0.2) is 91.3 Å². The van der Waals surface area contributed by atoms with Crippen molar-refractivity contribution in [3.63, 3.8) is 0 Å². The Hall–Kier alpha value is -3.72. The molecule has 6 rings (SSSR count). The lowest BCUT2D eigenvalue weighted by atomic mass is 9.82.